The van der Waals surface area contributed by atoms with Crippen LogP contribution < -0.4 is 0 Å². The Hall–Kier alpha value is -0.887. The van der Waals surface area contributed by atoms with Crippen molar-refractivity contribution < 1.29 is 19.5 Å². The standard InChI is InChI=1S/C9H9N3.Zn/c1-7-6-9(12-11-7)8-4-2-3-5-10-8;/h2-5H,6H2,1H3;. The minimum Gasteiger partial charge on any atom is -0.255 e. The topological polar surface area (TPSA) is 37.6 Å². The van der Waals surface area contributed by atoms with Crippen LogP contribution in [0.3, 0.4) is 0 Å². The first kappa shape index (κ1) is 10.2. The van der Waals surface area contributed by atoms with Crippen LogP contribution in [0.25, 0.3) is 0 Å². The van der Waals surface area contributed by atoms with Crippen molar-refractivity contribution in [2.75, 3.05) is 0 Å². The monoisotopic (exact) mass is 223 g/mol. The summed E-state index contributed by atoms with van der Waals surface area (Å²) >= 11 is 0. The van der Waals surface area contributed by atoms with Crippen molar-refractivity contribution in [3.05, 3.63) is 30.1 Å². The fourth-order valence-electron chi connectivity index (χ4n) is 1.13. The van der Waals surface area contributed by atoms with Gasteiger partial charge >= 0.3 is 0 Å². The quantitative estimate of drug-likeness (QED) is 0.669. The van der Waals surface area contributed by atoms with Crippen LogP contribution in [0, 0.1) is 0 Å². The van der Waals surface area contributed by atoms with Gasteiger partial charge in [-0.25, -0.2) is 0 Å². The molecule has 0 N–H and O–H groups in total. The fourth-order valence-corrected chi connectivity index (χ4v) is 1.13. The first-order chi connectivity index (χ1) is 5.86. The van der Waals surface area contributed by atoms with Gasteiger partial charge in [0.25, 0.3) is 0 Å². The summed E-state index contributed by atoms with van der Waals surface area (Å²) in [6.45, 7) is 1.97. The maximum atomic E-state index is 4.19. The molecule has 1 aromatic rings. The van der Waals surface area contributed by atoms with E-state index in [-0.39, 0.29) is 19.5 Å². The van der Waals surface area contributed by atoms with Crippen LogP contribution in [0.2, 0.25) is 0 Å². The summed E-state index contributed by atoms with van der Waals surface area (Å²) in [4.78, 5) is 4.19. The Kier molecular flexibility index (Phi) is 3.43. The second-order valence-electron chi connectivity index (χ2n) is 2.77. The van der Waals surface area contributed by atoms with E-state index in [1.807, 2.05) is 25.1 Å². The van der Waals surface area contributed by atoms with Crippen molar-refractivity contribution in [2.45, 2.75) is 13.3 Å². The average Bonchev–Trinajstić information content (AvgIpc) is 2.54. The zero-order chi connectivity index (χ0) is 8.39. The van der Waals surface area contributed by atoms with Crippen molar-refractivity contribution in [3.63, 3.8) is 0 Å². The molecule has 0 radical (unpaired) electrons. The largest absolute Gasteiger partial charge is 0.255 e. The normalized spacial score (nSPS) is 14.5. The van der Waals surface area contributed by atoms with E-state index < -0.39 is 0 Å². The summed E-state index contributed by atoms with van der Waals surface area (Å²) in [7, 11) is 0. The molecule has 13 heavy (non-hydrogen) atoms. The SMILES string of the molecule is CC1=NN=C(c2ccccn2)C1.[Zn]. The van der Waals surface area contributed by atoms with Crippen LogP contribution in [0.5, 0.6) is 0 Å². The van der Waals surface area contributed by atoms with Gasteiger partial charge < -0.3 is 0 Å². The van der Waals surface area contributed by atoms with Crippen LogP contribution in [-0.4, -0.2) is 16.4 Å². The number of hydrogen-bond acceptors (Lipinski definition) is 3. The number of aromatic nitrogens is 1. The van der Waals surface area contributed by atoms with E-state index in [4.69, 9.17) is 0 Å². The number of nitrogens with zero attached hydrogens (tertiary/aromatic N) is 3. The zero-order valence-electron chi connectivity index (χ0n) is 7.57. The molecular formula is C9H9N3Zn. The number of pyridine rings is 1. The van der Waals surface area contributed by atoms with Crippen molar-refractivity contribution in [1.82, 2.24) is 4.98 Å². The van der Waals surface area contributed by atoms with Crippen LogP contribution in [-0.2, 0) is 19.5 Å². The molecule has 2 heterocycles. The van der Waals surface area contributed by atoms with E-state index in [0.717, 1.165) is 23.5 Å². The van der Waals surface area contributed by atoms with E-state index in [9.17, 15) is 0 Å². The predicted molar refractivity (Wildman–Crippen MR) is 48.5 cm³/mol. The van der Waals surface area contributed by atoms with Gasteiger partial charge in [-0.3, -0.25) is 4.98 Å². The van der Waals surface area contributed by atoms with Gasteiger partial charge in [-0.15, -0.1) is 0 Å². The van der Waals surface area contributed by atoms with Gasteiger partial charge in [0, 0.05) is 37.8 Å². The van der Waals surface area contributed by atoms with E-state index in [1.54, 1.807) is 6.20 Å². The Morgan fingerprint density at radius 3 is 2.62 bits per heavy atom. The van der Waals surface area contributed by atoms with Gasteiger partial charge in [0.2, 0.25) is 0 Å². The molecule has 3 nitrogen and oxygen atoms in total. The smallest absolute Gasteiger partial charge is 0.0943 e. The summed E-state index contributed by atoms with van der Waals surface area (Å²) in [6.07, 6.45) is 2.60. The van der Waals surface area contributed by atoms with Crippen LogP contribution >= 0.6 is 0 Å². The van der Waals surface area contributed by atoms with E-state index in [2.05, 4.69) is 15.2 Å². The van der Waals surface area contributed by atoms with Crippen molar-refractivity contribution in [1.29, 1.82) is 0 Å². The van der Waals surface area contributed by atoms with Gasteiger partial charge in [0.15, 0.2) is 0 Å². The number of rotatable bonds is 1. The summed E-state index contributed by atoms with van der Waals surface area (Å²) in [5.41, 5.74) is 2.95. The van der Waals surface area contributed by atoms with E-state index >= 15 is 0 Å². The van der Waals surface area contributed by atoms with E-state index in [0.29, 0.717) is 0 Å². The molecule has 0 atom stereocenters. The van der Waals surface area contributed by atoms with Crippen LogP contribution in [0.4, 0.5) is 0 Å². The molecule has 0 saturated carbocycles. The Labute approximate surface area is 89.7 Å². The number of hydrogen-bond donors (Lipinski definition) is 0. The van der Waals surface area contributed by atoms with Gasteiger partial charge in [-0.1, -0.05) is 6.07 Å². The molecule has 0 unspecified atom stereocenters. The Morgan fingerprint density at radius 1 is 1.23 bits per heavy atom. The van der Waals surface area contributed by atoms with E-state index in [1.165, 1.54) is 0 Å². The minimum atomic E-state index is 0. The minimum absolute atomic E-state index is 0. The first-order valence-electron chi connectivity index (χ1n) is 3.87. The summed E-state index contributed by atoms with van der Waals surface area (Å²) < 4.78 is 0. The second-order valence-corrected chi connectivity index (χ2v) is 2.77. The predicted octanol–water partition coefficient (Wildman–Crippen LogP) is 1.65. The van der Waals surface area contributed by atoms with Crippen molar-refractivity contribution in [3.8, 4) is 0 Å². The van der Waals surface area contributed by atoms with Gasteiger partial charge in [-0.2, -0.15) is 10.2 Å². The summed E-state index contributed by atoms with van der Waals surface area (Å²) in [5, 5.41) is 7.99. The maximum absolute atomic E-state index is 4.19. The molecule has 1 aliphatic rings. The third-order valence-electron chi connectivity index (χ3n) is 1.73. The van der Waals surface area contributed by atoms with Gasteiger partial charge in [-0.05, 0) is 19.1 Å². The molecule has 2 rings (SSSR count). The molecule has 0 aromatic carbocycles. The third-order valence-corrected chi connectivity index (χ3v) is 1.73. The Bertz CT molecular complexity index is 343. The first-order valence-corrected chi connectivity index (χ1v) is 3.87. The summed E-state index contributed by atoms with van der Waals surface area (Å²) in [5.74, 6) is 0. The molecule has 0 aliphatic carbocycles. The second kappa shape index (κ2) is 4.38. The average molecular weight is 225 g/mol. The molecule has 1 aromatic heterocycles. The molecule has 0 spiro atoms. The molecule has 0 bridgehead atoms. The Balaban J connectivity index is 0.000000845. The van der Waals surface area contributed by atoms with Gasteiger partial charge in [0.05, 0.1) is 11.4 Å². The molecule has 0 saturated heterocycles. The summed E-state index contributed by atoms with van der Waals surface area (Å²) in [6, 6.07) is 5.80. The fraction of sp³-hybridized carbons (Fsp3) is 0.222. The zero-order valence-corrected chi connectivity index (χ0v) is 10.5. The molecule has 0 amide bonds. The van der Waals surface area contributed by atoms with Crippen molar-refractivity contribution >= 4 is 11.4 Å². The van der Waals surface area contributed by atoms with Crippen LogP contribution in [0.15, 0.2) is 34.6 Å². The van der Waals surface area contributed by atoms with Crippen molar-refractivity contribution in [2.24, 2.45) is 10.2 Å². The molecule has 62 valence electrons. The molecule has 4 heteroatoms. The van der Waals surface area contributed by atoms with Crippen LogP contribution in [0.1, 0.15) is 19.0 Å². The molecule has 0 fully saturated rings. The molecular weight excluding hydrogens is 216 g/mol. The molecule has 1 aliphatic heterocycles. The Morgan fingerprint density at radius 2 is 2.08 bits per heavy atom. The maximum Gasteiger partial charge on any atom is 0.0943 e. The third kappa shape index (κ3) is 2.28. The van der Waals surface area contributed by atoms with Gasteiger partial charge in [0.1, 0.15) is 0 Å².